The van der Waals surface area contributed by atoms with Crippen molar-refractivity contribution in [3.63, 3.8) is 0 Å². The first kappa shape index (κ1) is 21.1. The summed E-state index contributed by atoms with van der Waals surface area (Å²) in [6.07, 6.45) is 7.04. The molecule has 0 N–H and O–H groups in total. The summed E-state index contributed by atoms with van der Waals surface area (Å²) in [5, 5.41) is 0. The fraction of sp³-hybridized carbons (Fsp3) is 0.654. The average molecular weight is 455 g/mol. The van der Waals surface area contributed by atoms with Gasteiger partial charge in [-0.1, -0.05) is 19.9 Å². The quantitative estimate of drug-likeness (QED) is 0.469. The van der Waals surface area contributed by atoms with E-state index in [2.05, 4.69) is 13.8 Å². The van der Waals surface area contributed by atoms with E-state index in [1.54, 1.807) is 12.5 Å². The molecule has 6 rings (SSSR count). The van der Waals surface area contributed by atoms with E-state index in [0.29, 0.717) is 6.42 Å². The molecular formula is C26H30O7. The van der Waals surface area contributed by atoms with E-state index >= 15 is 0 Å². The Morgan fingerprint density at radius 3 is 2.45 bits per heavy atom. The van der Waals surface area contributed by atoms with Crippen molar-refractivity contribution >= 4 is 17.7 Å². The van der Waals surface area contributed by atoms with Gasteiger partial charge < -0.3 is 18.6 Å². The number of cyclic esters (lactones) is 2. The highest BCUT2D eigenvalue weighted by Gasteiger charge is 2.88. The zero-order valence-electron chi connectivity index (χ0n) is 19.7. The van der Waals surface area contributed by atoms with Crippen LogP contribution in [0.15, 0.2) is 35.2 Å². The SMILES string of the molecule is CC1(C)OC(=O)C=C[C@@]2(C)[C@@H]1CC(=O)[C@]1(C)[C@@H]2CC[C@@]2(C)[C@H](c3ccoc3)OC(=O)[C@@H]3O[C@@]321. The molecule has 4 heterocycles. The maximum Gasteiger partial charge on any atom is 0.339 e. The molecule has 8 atom stereocenters. The second-order valence-electron chi connectivity index (χ2n) is 11.7. The highest BCUT2D eigenvalue weighted by atomic mass is 16.7. The van der Waals surface area contributed by atoms with Crippen LogP contribution >= 0.6 is 0 Å². The van der Waals surface area contributed by atoms with E-state index in [4.69, 9.17) is 18.6 Å². The molecule has 7 nitrogen and oxygen atoms in total. The van der Waals surface area contributed by atoms with Crippen LogP contribution in [0.2, 0.25) is 0 Å². The maximum absolute atomic E-state index is 14.1. The molecule has 1 aromatic rings. The minimum Gasteiger partial charge on any atom is -0.472 e. The summed E-state index contributed by atoms with van der Waals surface area (Å²) in [4.78, 5) is 39.6. The van der Waals surface area contributed by atoms with E-state index in [1.807, 2.05) is 32.9 Å². The molecule has 2 aliphatic carbocycles. The third-order valence-electron chi connectivity index (χ3n) is 10.0. The molecule has 7 heteroatoms. The van der Waals surface area contributed by atoms with Gasteiger partial charge in [-0.2, -0.15) is 0 Å². The Morgan fingerprint density at radius 1 is 1.00 bits per heavy atom. The number of esters is 2. The first-order valence-corrected chi connectivity index (χ1v) is 11.8. The Morgan fingerprint density at radius 2 is 1.76 bits per heavy atom. The van der Waals surface area contributed by atoms with E-state index < -0.39 is 45.6 Å². The lowest BCUT2D eigenvalue weighted by Crippen LogP contribution is -2.71. The lowest BCUT2D eigenvalue weighted by molar-refractivity contribution is -0.215. The number of ketones is 1. The molecule has 0 amide bonds. The predicted molar refractivity (Wildman–Crippen MR) is 115 cm³/mol. The van der Waals surface area contributed by atoms with Crippen LogP contribution in [0.1, 0.15) is 65.5 Å². The summed E-state index contributed by atoms with van der Waals surface area (Å²) in [7, 11) is 0. The molecule has 2 saturated heterocycles. The summed E-state index contributed by atoms with van der Waals surface area (Å²) in [6, 6.07) is 1.81. The van der Waals surface area contributed by atoms with Gasteiger partial charge in [0.2, 0.25) is 0 Å². The maximum atomic E-state index is 14.1. The largest absolute Gasteiger partial charge is 0.472 e. The van der Waals surface area contributed by atoms with E-state index in [9.17, 15) is 14.4 Å². The number of fused-ring (bicyclic) bond motifs is 3. The van der Waals surface area contributed by atoms with Crippen molar-refractivity contribution in [3.05, 3.63) is 36.3 Å². The topological polar surface area (TPSA) is 95.3 Å². The molecule has 0 aromatic carbocycles. The number of hydrogen-bond donors (Lipinski definition) is 0. The van der Waals surface area contributed by atoms with Crippen molar-refractivity contribution in [2.24, 2.45) is 28.1 Å². The molecule has 0 unspecified atom stereocenters. The second kappa shape index (κ2) is 5.98. The van der Waals surface area contributed by atoms with Crippen LogP contribution in [0.5, 0.6) is 0 Å². The zero-order chi connectivity index (χ0) is 23.6. The van der Waals surface area contributed by atoms with Gasteiger partial charge in [-0.3, -0.25) is 4.79 Å². The third kappa shape index (κ3) is 2.23. The van der Waals surface area contributed by atoms with E-state index in [1.165, 1.54) is 6.08 Å². The van der Waals surface area contributed by atoms with Gasteiger partial charge in [-0.25, -0.2) is 9.59 Å². The fourth-order valence-electron chi connectivity index (χ4n) is 8.49. The Labute approximate surface area is 192 Å². The summed E-state index contributed by atoms with van der Waals surface area (Å²) in [5.41, 5.74) is -2.94. The van der Waals surface area contributed by atoms with Crippen LogP contribution < -0.4 is 0 Å². The highest BCUT2D eigenvalue weighted by molar-refractivity contribution is 5.93. The molecular weight excluding hydrogens is 424 g/mol. The van der Waals surface area contributed by atoms with Crippen molar-refractivity contribution in [2.45, 2.75) is 77.3 Å². The predicted octanol–water partition coefficient (Wildman–Crippen LogP) is 3.92. The standard InChI is InChI=1S/C26H30O7/c1-22(2)16-12-17(27)25(5)15(23(16,3)9-7-18(28)32-22)6-10-24(4)19(14-8-11-30-13-14)31-21(29)20-26(24,25)33-20/h7-9,11,13,15-16,19-20H,6,10,12H2,1-5H3/t15-,16-,19+,20+,23-,24+,25+,26+/m1/s1. The zero-order valence-corrected chi connectivity index (χ0v) is 19.7. The number of carbonyl (C=O) groups is 3. The summed E-state index contributed by atoms with van der Waals surface area (Å²) < 4.78 is 23.3. The van der Waals surface area contributed by atoms with E-state index in [-0.39, 0.29) is 30.0 Å². The minimum absolute atomic E-state index is 0.0727. The minimum atomic E-state index is -0.958. The Hall–Kier alpha value is -2.41. The molecule has 4 fully saturated rings. The number of epoxide rings is 1. The van der Waals surface area contributed by atoms with Crippen LogP contribution in [0.25, 0.3) is 0 Å². The number of allylic oxidation sites excluding steroid dienone is 1. The second-order valence-corrected chi connectivity index (χ2v) is 11.7. The fourth-order valence-corrected chi connectivity index (χ4v) is 8.49. The molecule has 2 saturated carbocycles. The number of Topliss-reactive ketones (excluding diaryl/α,β-unsaturated/α-hetero) is 1. The van der Waals surface area contributed by atoms with Gasteiger partial charge in [0.05, 0.1) is 17.9 Å². The van der Waals surface area contributed by atoms with Gasteiger partial charge in [0.1, 0.15) is 23.1 Å². The smallest absolute Gasteiger partial charge is 0.339 e. The number of furan rings is 1. The average Bonchev–Trinajstić information content (AvgIpc) is 3.33. The summed E-state index contributed by atoms with van der Waals surface area (Å²) in [5.74, 6) is -1.02. The van der Waals surface area contributed by atoms with Crippen molar-refractivity contribution in [2.75, 3.05) is 0 Å². The molecule has 0 radical (unpaired) electrons. The highest BCUT2D eigenvalue weighted by Crippen LogP contribution is 2.78. The van der Waals surface area contributed by atoms with Gasteiger partial charge in [0, 0.05) is 29.4 Å². The Kier molecular flexibility index (Phi) is 3.83. The van der Waals surface area contributed by atoms with Crippen LogP contribution in [0.3, 0.4) is 0 Å². The van der Waals surface area contributed by atoms with Gasteiger partial charge in [-0.15, -0.1) is 0 Å². The molecule has 0 bridgehead atoms. The van der Waals surface area contributed by atoms with Gasteiger partial charge in [0.15, 0.2) is 6.10 Å². The molecule has 33 heavy (non-hydrogen) atoms. The molecule has 3 aliphatic heterocycles. The van der Waals surface area contributed by atoms with Crippen LogP contribution in [-0.4, -0.2) is 35.0 Å². The van der Waals surface area contributed by atoms with Gasteiger partial charge in [0.25, 0.3) is 0 Å². The van der Waals surface area contributed by atoms with Crippen LogP contribution in [0.4, 0.5) is 0 Å². The molecule has 1 aromatic heterocycles. The summed E-state index contributed by atoms with van der Waals surface area (Å²) in [6.45, 7) is 9.99. The Balaban J connectivity index is 1.53. The van der Waals surface area contributed by atoms with Crippen LogP contribution in [0, 0.1) is 28.1 Å². The van der Waals surface area contributed by atoms with Gasteiger partial charge in [-0.05, 0) is 51.0 Å². The van der Waals surface area contributed by atoms with Crippen molar-refractivity contribution < 1.29 is 33.0 Å². The summed E-state index contributed by atoms with van der Waals surface area (Å²) >= 11 is 0. The van der Waals surface area contributed by atoms with Gasteiger partial charge >= 0.3 is 11.9 Å². The number of ether oxygens (including phenoxy) is 3. The Bertz CT molecular complexity index is 1100. The van der Waals surface area contributed by atoms with E-state index in [0.717, 1.165) is 12.0 Å². The van der Waals surface area contributed by atoms with Crippen molar-refractivity contribution in [1.29, 1.82) is 0 Å². The lowest BCUT2D eigenvalue weighted by atomic mass is 9.37. The van der Waals surface area contributed by atoms with Crippen molar-refractivity contribution in [1.82, 2.24) is 0 Å². The molecule has 176 valence electrons. The number of carbonyl (C=O) groups excluding carboxylic acids is 3. The number of rotatable bonds is 1. The van der Waals surface area contributed by atoms with Crippen molar-refractivity contribution in [3.8, 4) is 0 Å². The number of hydrogen-bond acceptors (Lipinski definition) is 7. The van der Waals surface area contributed by atoms with Crippen LogP contribution in [-0.2, 0) is 28.6 Å². The first-order valence-electron chi connectivity index (χ1n) is 11.8. The normalized spacial score (nSPS) is 49.5. The monoisotopic (exact) mass is 454 g/mol. The molecule has 1 spiro atoms. The third-order valence-corrected chi connectivity index (χ3v) is 10.0. The first-order chi connectivity index (χ1) is 15.4. The lowest BCUT2D eigenvalue weighted by Gasteiger charge is -2.64. The molecule has 5 aliphatic rings.